The maximum Gasteiger partial charge on any atom is 0.148 e. The lowest BCUT2D eigenvalue weighted by molar-refractivity contribution is 0.415. The molecule has 4 nitrogen and oxygen atoms in total. The molecule has 0 saturated heterocycles. The van der Waals surface area contributed by atoms with Crippen molar-refractivity contribution in [1.29, 1.82) is 0 Å². The quantitative estimate of drug-likeness (QED) is 0.812. The second kappa shape index (κ2) is 6.26. The highest BCUT2D eigenvalue weighted by Gasteiger charge is 2.01. The number of aromatic nitrogens is 2. The Balaban J connectivity index is 2.12. The van der Waals surface area contributed by atoms with Crippen LogP contribution < -0.4 is 10.1 Å². The van der Waals surface area contributed by atoms with Crippen LogP contribution in [0.2, 0.25) is 0 Å². The molecule has 0 radical (unpaired) electrons. The number of methoxy groups -OCH3 is 1. The first-order valence-electron chi connectivity index (χ1n) is 5.66. The first-order valence-corrected chi connectivity index (χ1v) is 6.29. The molecule has 0 aliphatic heterocycles. The minimum Gasteiger partial charge on any atom is -0.497 e. The Kier molecular flexibility index (Phi) is 4.41. The van der Waals surface area contributed by atoms with Crippen LogP contribution in [-0.2, 0) is 0 Å². The van der Waals surface area contributed by atoms with Crippen LogP contribution in [-0.4, -0.2) is 29.6 Å². The maximum absolute atomic E-state index is 5.12. The van der Waals surface area contributed by atoms with E-state index in [9.17, 15) is 0 Å². The molecule has 0 fully saturated rings. The molecule has 1 aromatic heterocycles. The third-order valence-corrected chi connectivity index (χ3v) is 2.69. The van der Waals surface area contributed by atoms with Gasteiger partial charge in [-0.2, -0.15) is 12.6 Å². The molecule has 2 rings (SSSR count). The number of hydrogen-bond donors (Lipinski definition) is 2. The van der Waals surface area contributed by atoms with Crippen LogP contribution >= 0.6 is 12.6 Å². The first kappa shape index (κ1) is 12.7. The van der Waals surface area contributed by atoms with Crippen molar-refractivity contribution in [3.63, 3.8) is 0 Å². The summed E-state index contributed by atoms with van der Waals surface area (Å²) in [6.45, 7) is 0.777. The Morgan fingerprint density at radius 2 is 1.89 bits per heavy atom. The van der Waals surface area contributed by atoms with Crippen molar-refractivity contribution >= 4 is 18.4 Å². The molecular weight excluding hydrogens is 246 g/mol. The van der Waals surface area contributed by atoms with Gasteiger partial charge >= 0.3 is 0 Å². The van der Waals surface area contributed by atoms with Gasteiger partial charge in [0.25, 0.3) is 0 Å². The topological polar surface area (TPSA) is 47.0 Å². The monoisotopic (exact) mass is 261 g/mol. The number of anilines is 1. The second-order valence-electron chi connectivity index (χ2n) is 3.68. The van der Waals surface area contributed by atoms with Gasteiger partial charge in [0.1, 0.15) is 11.6 Å². The number of rotatable bonds is 5. The molecule has 5 heteroatoms. The Morgan fingerprint density at radius 3 is 2.44 bits per heavy atom. The van der Waals surface area contributed by atoms with Gasteiger partial charge in [0.2, 0.25) is 0 Å². The molecule has 0 unspecified atom stereocenters. The summed E-state index contributed by atoms with van der Waals surface area (Å²) in [4.78, 5) is 0. The van der Waals surface area contributed by atoms with E-state index in [1.165, 1.54) is 0 Å². The van der Waals surface area contributed by atoms with Crippen LogP contribution in [0, 0.1) is 0 Å². The summed E-state index contributed by atoms with van der Waals surface area (Å²) in [5.74, 6) is 2.36. The van der Waals surface area contributed by atoms with Crippen LogP contribution in [0.25, 0.3) is 11.3 Å². The normalized spacial score (nSPS) is 10.1. The molecule has 18 heavy (non-hydrogen) atoms. The molecule has 0 saturated carbocycles. The zero-order valence-corrected chi connectivity index (χ0v) is 11.0. The van der Waals surface area contributed by atoms with Gasteiger partial charge in [-0.25, -0.2) is 0 Å². The van der Waals surface area contributed by atoms with Crippen molar-refractivity contribution in [1.82, 2.24) is 10.2 Å². The molecule has 0 aliphatic carbocycles. The SMILES string of the molecule is COc1ccc(-c2ccc(NCCS)nn2)cc1. The highest BCUT2D eigenvalue weighted by atomic mass is 32.1. The van der Waals surface area contributed by atoms with E-state index in [4.69, 9.17) is 4.74 Å². The lowest BCUT2D eigenvalue weighted by Gasteiger charge is -2.05. The Labute approximate surface area is 112 Å². The zero-order valence-electron chi connectivity index (χ0n) is 10.1. The van der Waals surface area contributed by atoms with Gasteiger partial charge in [0.05, 0.1) is 12.8 Å². The third-order valence-electron chi connectivity index (χ3n) is 2.47. The van der Waals surface area contributed by atoms with Gasteiger partial charge < -0.3 is 10.1 Å². The van der Waals surface area contributed by atoms with E-state index >= 15 is 0 Å². The Morgan fingerprint density at radius 1 is 1.11 bits per heavy atom. The van der Waals surface area contributed by atoms with Gasteiger partial charge in [0, 0.05) is 17.9 Å². The van der Waals surface area contributed by atoms with E-state index in [-0.39, 0.29) is 0 Å². The van der Waals surface area contributed by atoms with Crippen LogP contribution in [0.15, 0.2) is 36.4 Å². The molecule has 0 atom stereocenters. The molecule has 1 N–H and O–H groups in total. The Bertz CT molecular complexity index is 485. The summed E-state index contributed by atoms with van der Waals surface area (Å²) >= 11 is 4.12. The van der Waals surface area contributed by atoms with Gasteiger partial charge in [-0.05, 0) is 36.4 Å². The lowest BCUT2D eigenvalue weighted by atomic mass is 10.1. The van der Waals surface area contributed by atoms with Crippen LogP contribution in [0.5, 0.6) is 5.75 Å². The van der Waals surface area contributed by atoms with E-state index in [2.05, 4.69) is 28.1 Å². The number of nitrogens with one attached hydrogen (secondary N) is 1. The fourth-order valence-corrected chi connectivity index (χ4v) is 1.64. The smallest absolute Gasteiger partial charge is 0.148 e. The summed E-state index contributed by atoms with van der Waals surface area (Å²) in [5, 5.41) is 11.4. The molecule has 1 heterocycles. The second-order valence-corrected chi connectivity index (χ2v) is 4.13. The van der Waals surface area contributed by atoms with Crippen LogP contribution in [0.3, 0.4) is 0 Å². The molecule has 2 aromatic rings. The van der Waals surface area contributed by atoms with Crippen LogP contribution in [0.4, 0.5) is 5.82 Å². The van der Waals surface area contributed by atoms with Crippen molar-refractivity contribution in [3.8, 4) is 17.0 Å². The summed E-state index contributed by atoms with van der Waals surface area (Å²) in [6.07, 6.45) is 0. The average molecular weight is 261 g/mol. The van der Waals surface area contributed by atoms with E-state index in [1.54, 1.807) is 7.11 Å². The number of nitrogens with zero attached hydrogens (tertiary/aromatic N) is 2. The van der Waals surface area contributed by atoms with E-state index in [0.29, 0.717) is 0 Å². The van der Waals surface area contributed by atoms with Crippen molar-refractivity contribution in [2.75, 3.05) is 24.7 Å². The number of thiol groups is 1. The van der Waals surface area contributed by atoms with Gasteiger partial charge in [-0.15, -0.1) is 10.2 Å². The molecule has 0 amide bonds. The van der Waals surface area contributed by atoms with Crippen LogP contribution in [0.1, 0.15) is 0 Å². The lowest BCUT2D eigenvalue weighted by Crippen LogP contribution is -2.05. The van der Waals surface area contributed by atoms with Gasteiger partial charge in [0.15, 0.2) is 0 Å². The van der Waals surface area contributed by atoms with E-state index < -0.39 is 0 Å². The van der Waals surface area contributed by atoms with Gasteiger partial charge in [-0.1, -0.05) is 0 Å². The van der Waals surface area contributed by atoms with Crippen molar-refractivity contribution in [2.24, 2.45) is 0 Å². The molecule has 94 valence electrons. The maximum atomic E-state index is 5.12. The summed E-state index contributed by atoms with van der Waals surface area (Å²) in [6, 6.07) is 11.6. The zero-order chi connectivity index (χ0) is 12.8. The summed E-state index contributed by atoms with van der Waals surface area (Å²) < 4.78 is 5.12. The molecule has 0 bridgehead atoms. The minimum atomic E-state index is 0.765. The largest absolute Gasteiger partial charge is 0.497 e. The average Bonchev–Trinajstić information content (AvgIpc) is 2.46. The third kappa shape index (κ3) is 3.13. The fraction of sp³-hybridized carbons (Fsp3) is 0.231. The number of benzene rings is 1. The predicted molar refractivity (Wildman–Crippen MR) is 76.4 cm³/mol. The van der Waals surface area contributed by atoms with E-state index in [1.807, 2.05) is 36.4 Å². The molecule has 0 spiro atoms. The van der Waals surface area contributed by atoms with Crippen molar-refractivity contribution in [2.45, 2.75) is 0 Å². The minimum absolute atomic E-state index is 0.765. The Hall–Kier alpha value is -1.75. The summed E-state index contributed by atoms with van der Waals surface area (Å²) in [5.41, 5.74) is 1.86. The van der Waals surface area contributed by atoms with Gasteiger partial charge in [-0.3, -0.25) is 0 Å². The van der Waals surface area contributed by atoms with E-state index in [0.717, 1.165) is 35.1 Å². The van der Waals surface area contributed by atoms with Crippen molar-refractivity contribution < 1.29 is 4.74 Å². The molecule has 0 aliphatic rings. The molecule has 1 aromatic carbocycles. The first-order chi connectivity index (χ1) is 8.83. The number of hydrogen-bond acceptors (Lipinski definition) is 5. The standard InChI is InChI=1S/C13H15N3OS/c1-17-11-4-2-10(3-5-11)12-6-7-13(16-15-12)14-8-9-18/h2-7,18H,8-9H2,1H3,(H,14,16). The number of ether oxygens (including phenoxy) is 1. The van der Waals surface area contributed by atoms with Crippen molar-refractivity contribution in [3.05, 3.63) is 36.4 Å². The predicted octanol–water partition coefficient (Wildman–Crippen LogP) is 2.49. The highest BCUT2D eigenvalue weighted by molar-refractivity contribution is 7.80. The summed E-state index contributed by atoms with van der Waals surface area (Å²) in [7, 11) is 1.65. The highest BCUT2D eigenvalue weighted by Crippen LogP contribution is 2.20. The fourth-order valence-electron chi connectivity index (χ4n) is 1.53. The molecular formula is C13H15N3OS.